The van der Waals surface area contributed by atoms with E-state index in [4.69, 9.17) is 10.8 Å². The van der Waals surface area contributed by atoms with Crippen LogP contribution in [0.25, 0.3) is 10.9 Å². The standard InChI is InChI=1S/C11H11BrN2O2/c12-8-3-1-2-7-6(5-14-10(7)8)4-9(13)11(15)16/h1-3,5,9,14H,4,13H2,(H,15,16)/t9-/m0/s1. The van der Waals surface area contributed by atoms with Crippen LogP contribution in [-0.4, -0.2) is 22.1 Å². The van der Waals surface area contributed by atoms with E-state index in [1.807, 2.05) is 18.2 Å². The molecule has 4 nitrogen and oxygen atoms in total. The zero-order valence-corrected chi connectivity index (χ0v) is 9.99. The SMILES string of the molecule is N[C@@H](Cc1c[nH]c2c(Br)cccc12)C(=O)O. The topological polar surface area (TPSA) is 79.1 Å². The number of benzene rings is 1. The summed E-state index contributed by atoms with van der Waals surface area (Å²) >= 11 is 3.43. The molecule has 0 radical (unpaired) electrons. The van der Waals surface area contributed by atoms with Gasteiger partial charge in [-0.1, -0.05) is 12.1 Å². The lowest BCUT2D eigenvalue weighted by molar-refractivity contribution is -0.138. The molecule has 2 aromatic rings. The van der Waals surface area contributed by atoms with Crippen molar-refractivity contribution in [2.75, 3.05) is 0 Å². The number of H-pyrrole nitrogens is 1. The Kier molecular flexibility index (Phi) is 2.98. The van der Waals surface area contributed by atoms with Crippen molar-refractivity contribution in [3.63, 3.8) is 0 Å². The van der Waals surface area contributed by atoms with Crippen LogP contribution in [0.1, 0.15) is 5.56 Å². The van der Waals surface area contributed by atoms with Crippen LogP contribution in [-0.2, 0) is 11.2 Å². The lowest BCUT2D eigenvalue weighted by Gasteiger charge is -2.04. The summed E-state index contributed by atoms with van der Waals surface area (Å²) in [4.78, 5) is 13.8. The molecule has 0 aliphatic heterocycles. The average molecular weight is 283 g/mol. The van der Waals surface area contributed by atoms with Gasteiger partial charge in [-0.05, 0) is 27.6 Å². The molecule has 0 spiro atoms. The third kappa shape index (κ3) is 1.96. The molecule has 0 bridgehead atoms. The molecule has 1 atom stereocenters. The van der Waals surface area contributed by atoms with Crippen molar-refractivity contribution in [1.29, 1.82) is 0 Å². The number of aromatic amines is 1. The van der Waals surface area contributed by atoms with Crippen molar-refractivity contribution in [3.8, 4) is 0 Å². The van der Waals surface area contributed by atoms with E-state index in [9.17, 15) is 4.79 Å². The van der Waals surface area contributed by atoms with E-state index in [-0.39, 0.29) is 0 Å². The van der Waals surface area contributed by atoms with Gasteiger partial charge in [0.2, 0.25) is 0 Å². The summed E-state index contributed by atoms with van der Waals surface area (Å²) in [6.07, 6.45) is 2.13. The Bertz CT molecular complexity index is 536. The van der Waals surface area contributed by atoms with E-state index in [1.165, 1.54) is 0 Å². The van der Waals surface area contributed by atoms with Crippen LogP contribution in [0.4, 0.5) is 0 Å². The second-order valence-corrected chi connectivity index (χ2v) is 4.48. The second kappa shape index (κ2) is 4.27. The van der Waals surface area contributed by atoms with E-state index in [0.717, 1.165) is 20.9 Å². The molecule has 1 aromatic carbocycles. The first-order valence-corrected chi connectivity index (χ1v) is 5.61. The van der Waals surface area contributed by atoms with Gasteiger partial charge < -0.3 is 15.8 Å². The highest BCUT2D eigenvalue weighted by molar-refractivity contribution is 9.10. The number of halogens is 1. The summed E-state index contributed by atoms with van der Waals surface area (Å²) in [5, 5.41) is 9.77. The van der Waals surface area contributed by atoms with Crippen LogP contribution in [0.2, 0.25) is 0 Å². The molecule has 1 heterocycles. The number of para-hydroxylation sites is 1. The van der Waals surface area contributed by atoms with E-state index in [2.05, 4.69) is 20.9 Å². The van der Waals surface area contributed by atoms with Gasteiger partial charge >= 0.3 is 5.97 Å². The molecule has 0 unspecified atom stereocenters. The number of carboxylic acids is 1. The Morgan fingerprint density at radius 1 is 1.56 bits per heavy atom. The molecule has 0 saturated carbocycles. The Balaban J connectivity index is 2.39. The van der Waals surface area contributed by atoms with E-state index in [1.54, 1.807) is 6.20 Å². The molecule has 0 fully saturated rings. The lowest BCUT2D eigenvalue weighted by atomic mass is 10.1. The number of nitrogens with one attached hydrogen (secondary N) is 1. The van der Waals surface area contributed by atoms with Crippen molar-refractivity contribution in [1.82, 2.24) is 4.98 Å². The molecule has 84 valence electrons. The fourth-order valence-electron chi connectivity index (χ4n) is 1.67. The van der Waals surface area contributed by atoms with Gasteiger partial charge in [0.1, 0.15) is 6.04 Å². The fraction of sp³-hybridized carbons (Fsp3) is 0.182. The van der Waals surface area contributed by atoms with Crippen molar-refractivity contribution in [2.45, 2.75) is 12.5 Å². The monoisotopic (exact) mass is 282 g/mol. The molecule has 0 saturated heterocycles. The van der Waals surface area contributed by atoms with Gasteiger partial charge in [0.25, 0.3) is 0 Å². The Hall–Kier alpha value is -1.33. The number of fused-ring (bicyclic) bond motifs is 1. The lowest BCUT2D eigenvalue weighted by Crippen LogP contribution is -2.32. The first-order chi connectivity index (χ1) is 7.59. The largest absolute Gasteiger partial charge is 0.480 e. The second-order valence-electron chi connectivity index (χ2n) is 3.63. The third-order valence-corrected chi connectivity index (χ3v) is 3.17. The summed E-state index contributed by atoms with van der Waals surface area (Å²) in [7, 11) is 0. The number of rotatable bonds is 3. The van der Waals surface area contributed by atoms with Crippen LogP contribution in [0.3, 0.4) is 0 Å². The molecule has 0 aliphatic carbocycles. The van der Waals surface area contributed by atoms with Crippen molar-refractivity contribution in [2.24, 2.45) is 5.73 Å². The zero-order valence-electron chi connectivity index (χ0n) is 8.40. The van der Waals surface area contributed by atoms with E-state index < -0.39 is 12.0 Å². The van der Waals surface area contributed by atoms with Crippen molar-refractivity contribution in [3.05, 3.63) is 34.4 Å². The third-order valence-electron chi connectivity index (χ3n) is 2.51. The van der Waals surface area contributed by atoms with Crippen LogP contribution < -0.4 is 5.73 Å². The minimum atomic E-state index is -0.982. The van der Waals surface area contributed by atoms with Gasteiger partial charge in [-0.2, -0.15) is 0 Å². The van der Waals surface area contributed by atoms with Gasteiger partial charge in [0.15, 0.2) is 0 Å². The molecular weight excluding hydrogens is 272 g/mol. The minimum absolute atomic E-state index is 0.325. The Morgan fingerprint density at radius 3 is 3.00 bits per heavy atom. The van der Waals surface area contributed by atoms with Gasteiger partial charge in [-0.15, -0.1) is 0 Å². The van der Waals surface area contributed by atoms with Gasteiger partial charge in [-0.3, -0.25) is 4.79 Å². The Morgan fingerprint density at radius 2 is 2.31 bits per heavy atom. The van der Waals surface area contributed by atoms with E-state index >= 15 is 0 Å². The van der Waals surface area contributed by atoms with Crippen molar-refractivity contribution >= 4 is 32.8 Å². The summed E-state index contributed by atoms with van der Waals surface area (Å²) in [6.45, 7) is 0. The molecule has 0 aliphatic rings. The number of aliphatic carboxylic acids is 1. The summed E-state index contributed by atoms with van der Waals surface area (Å²) < 4.78 is 0.958. The first-order valence-electron chi connectivity index (χ1n) is 4.82. The van der Waals surface area contributed by atoms with Crippen LogP contribution in [0.15, 0.2) is 28.9 Å². The summed E-state index contributed by atoms with van der Waals surface area (Å²) in [6, 6.07) is 4.92. The maximum atomic E-state index is 10.7. The predicted molar refractivity (Wildman–Crippen MR) is 65.3 cm³/mol. The molecule has 4 N–H and O–H groups in total. The Labute approximate surface area is 101 Å². The normalized spacial score (nSPS) is 12.9. The van der Waals surface area contributed by atoms with Gasteiger partial charge in [0.05, 0.1) is 5.52 Å². The maximum Gasteiger partial charge on any atom is 0.320 e. The smallest absolute Gasteiger partial charge is 0.320 e. The number of hydrogen-bond donors (Lipinski definition) is 3. The molecule has 5 heteroatoms. The zero-order chi connectivity index (χ0) is 11.7. The molecule has 0 amide bonds. The first kappa shape index (κ1) is 11.2. The quantitative estimate of drug-likeness (QED) is 0.804. The predicted octanol–water partition coefficient (Wildman–Crippen LogP) is 1.88. The average Bonchev–Trinajstić information content (AvgIpc) is 2.63. The minimum Gasteiger partial charge on any atom is -0.480 e. The highest BCUT2D eigenvalue weighted by Gasteiger charge is 2.15. The highest BCUT2D eigenvalue weighted by Crippen LogP contribution is 2.26. The number of nitrogens with two attached hydrogens (primary N) is 1. The summed E-state index contributed by atoms with van der Waals surface area (Å²) in [5.74, 6) is -0.982. The van der Waals surface area contributed by atoms with Crippen LogP contribution in [0, 0.1) is 0 Å². The summed E-state index contributed by atoms with van der Waals surface area (Å²) in [5.41, 5.74) is 7.40. The molecular formula is C11H11BrN2O2. The number of hydrogen-bond acceptors (Lipinski definition) is 2. The molecule has 2 rings (SSSR count). The fourth-order valence-corrected chi connectivity index (χ4v) is 2.15. The molecule has 16 heavy (non-hydrogen) atoms. The highest BCUT2D eigenvalue weighted by atomic mass is 79.9. The van der Waals surface area contributed by atoms with Crippen molar-refractivity contribution < 1.29 is 9.90 Å². The van der Waals surface area contributed by atoms with Crippen LogP contribution in [0.5, 0.6) is 0 Å². The number of carboxylic acid groups (broad SMARTS) is 1. The van der Waals surface area contributed by atoms with E-state index in [0.29, 0.717) is 6.42 Å². The number of aromatic nitrogens is 1. The molecule has 1 aromatic heterocycles. The maximum absolute atomic E-state index is 10.7. The van der Waals surface area contributed by atoms with Gasteiger partial charge in [-0.25, -0.2) is 0 Å². The van der Waals surface area contributed by atoms with Crippen LogP contribution >= 0.6 is 15.9 Å². The van der Waals surface area contributed by atoms with Gasteiger partial charge in [0, 0.05) is 22.5 Å². The number of carbonyl (C=O) groups is 1.